The van der Waals surface area contributed by atoms with Crippen LogP contribution in [0.5, 0.6) is 0 Å². The van der Waals surface area contributed by atoms with Gasteiger partial charge in [-0.3, -0.25) is 0 Å². The number of H-pyrrole nitrogens is 1. The van der Waals surface area contributed by atoms with Crippen molar-refractivity contribution in [2.45, 2.75) is 38.1 Å². The minimum absolute atomic E-state index is 0.302. The minimum atomic E-state index is -0.703. The standard InChI is InChI=1S/C14H18N6O/c1-14(2,12-17-19-20-18-12)16-13(21)15-11-7-5-10(6-8-11)9-3-4-9/h5-9H,3-4H2,1-2H3,(H2,15,16,21)(H,17,18,19,20). The molecular weight excluding hydrogens is 268 g/mol. The van der Waals surface area contributed by atoms with Crippen molar-refractivity contribution < 1.29 is 4.79 Å². The van der Waals surface area contributed by atoms with E-state index in [-0.39, 0.29) is 6.03 Å². The maximum atomic E-state index is 12.0. The Balaban J connectivity index is 1.60. The molecule has 3 N–H and O–H groups in total. The van der Waals surface area contributed by atoms with Crippen LogP contribution in [0.15, 0.2) is 24.3 Å². The molecule has 1 fully saturated rings. The molecular formula is C14H18N6O. The van der Waals surface area contributed by atoms with Crippen LogP contribution in [0, 0.1) is 0 Å². The van der Waals surface area contributed by atoms with Crippen molar-refractivity contribution >= 4 is 11.7 Å². The molecule has 1 aliphatic carbocycles. The SMILES string of the molecule is CC(C)(NC(=O)Nc1ccc(C2CC2)cc1)c1nn[nH]n1. The molecule has 21 heavy (non-hydrogen) atoms. The van der Waals surface area contributed by atoms with Crippen LogP contribution in [0.4, 0.5) is 10.5 Å². The van der Waals surface area contributed by atoms with E-state index in [0.29, 0.717) is 11.7 Å². The van der Waals surface area contributed by atoms with E-state index in [9.17, 15) is 4.79 Å². The zero-order valence-electron chi connectivity index (χ0n) is 12.1. The molecule has 3 rings (SSSR count). The molecule has 0 unspecified atom stereocenters. The lowest BCUT2D eigenvalue weighted by Gasteiger charge is -2.22. The highest BCUT2D eigenvalue weighted by atomic mass is 16.2. The molecule has 1 aliphatic rings. The predicted octanol–water partition coefficient (Wildman–Crippen LogP) is 2.13. The van der Waals surface area contributed by atoms with Crippen LogP contribution in [-0.2, 0) is 5.54 Å². The third-order valence-electron chi connectivity index (χ3n) is 3.55. The van der Waals surface area contributed by atoms with Gasteiger partial charge in [0, 0.05) is 5.69 Å². The number of aromatic nitrogens is 4. The molecule has 2 aromatic rings. The van der Waals surface area contributed by atoms with Gasteiger partial charge >= 0.3 is 6.03 Å². The Kier molecular flexibility index (Phi) is 3.32. The Morgan fingerprint density at radius 1 is 1.29 bits per heavy atom. The predicted molar refractivity (Wildman–Crippen MR) is 77.8 cm³/mol. The number of carbonyl (C=O) groups excluding carboxylic acids is 1. The van der Waals surface area contributed by atoms with Gasteiger partial charge in [0.05, 0.1) is 5.54 Å². The number of rotatable bonds is 4. The molecule has 0 saturated heterocycles. The van der Waals surface area contributed by atoms with Crippen LogP contribution in [0.3, 0.4) is 0 Å². The lowest BCUT2D eigenvalue weighted by atomic mass is 10.1. The summed E-state index contributed by atoms with van der Waals surface area (Å²) in [5.41, 5.74) is 1.40. The summed E-state index contributed by atoms with van der Waals surface area (Å²) in [5, 5.41) is 19.3. The Morgan fingerprint density at radius 3 is 2.57 bits per heavy atom. The molecule has 0 radical (unpaired) electrons. The normalized spacial score (nSPS) is 14.8. The first-order valence-electron chi connectivity index (χ1n) is 6.98. The van der Waals surface area contributed by atoms with E-state index in [0.717, 1.165) is 5.69 Å². The van der Waals surface area contributed by atoms with Crippen LogP contribution < -0.4 is 10.6 Å². The van der Waals surface area contributed by atoms with Gasteiger partial charge in [0.1, 0.15) is 0 Å². The Morgan fingerprint density at radius 2 is 2.00 bits per heavy atom. The number of hydrogen-bond acceptors (Lipinski definition) is 4. The monoisotopic (exact) mass is 286 g/mol. The summed E-state index contributed by atoms with van der Waals surface area (Å²) in [6, 6.07) is 7.68. The minimum Gasteiger partial charge on any atom is -0.326 e. The highest BCUT2D eigenvalue weighted by Crippen LogP contribution is 2.40. The summed E-state index contributed by atoms with van der Waals surface area (Å²) in [6.07, 6.45) is 2.54. The van der Waals surface area contributed by atoms with Gasteiger partial charge in [0.15, 0.2) is 5.82 Å². The zero-order valence-corrected chi connectivity index (χ0v) is 12.1. The summed E-state index contributed by atoms with van der Waals surface area (Å²) < 4.78 is 0. The lowest BCUT2D eigenvalue weighted by molar-refractivity contribution is 0.240. The topological polar surface area (TPSA) is 95.6 Å². The Bertz CT molecular complexity index is 615. The molecule has 0 atom stereocenters. The number of carbonyl (C=O) groups is 1. The third kappa shape index (κ3) is 3.18. The van der Waals surface area contributed by atoms with Crippen molar-refractivity contribution in [1.29, 1.82) is 0 Å². The van der Waals surface area contributed by atoms with E-state index in [2.05, 4.69) is 43.4 Å². The first-order valence-corrected chi connectivity index (χ1v) is 6.98. The van der Waals surface area contributed by atoms with E-state index in [1.807, 2.05) is 26.0 Å². The van der Waals surface area contributed by atoms with Gasteiger partial charge in [-0.05, 0) is 50.3 Å². The average molecular weight is 286 g/mol. The summed E-state index contributed by atoms with van der Waals surface area (Å²) in [5.74, 6) is 1.15. The number of tetrazole rings is 1. The second-order valence-corrected chi connectivity index (χ2v) is 5.84. The van der Waals surface area contributed by atoms with E-state index >= 15 is 0 Å². The van der Waals surface area contributed by atoms with Crippen molar-refractivity contribution in [3.63, 3.8) is 0 Å². The van der Waals surface area contributed by atoms with E-state index in [1.54, 1.807) is 0 Å². The van der Waals surface area contributed by atoms with Crippen LogP contribution in [0.1, 0.15) is 44.0 Å². The first kappa shape index (κ1) is 13.5. The molecule has 0 bridgehead atoms. The summed E-state index contributed by atoms with van der Waals surface area (Å²) in [7, 11) is 0. The highest BCUT2D eigenvalue weighted by Gasteiger charge is 2.27. The molecule has 2 amide bonds. The maximum absolute atomic E-state index is 12.0. The van der Waals surface area contributed by atoms with E-state index in [1.165, 1.54) is 18.4 Å². The number of amides is 2. The fourth-order valence-electron chi connectivity index (χ4n) is 2.18. The van der Waals surface area contributed by atoms with Crippen molar-refractivity contribution in [3.8, 4) is 0 Å². The summed E-state index contributed by atoms with van der Waals surface area (Å²) in [6.45, 7) is 3.63. The molecule has 0 aliphatic heterocycles. The number of benzene rings is 1. The molecule has 1 heterocycles. The fraction of sp³-hybridized carbons (Fsp3) is 0.429. The zero-order chi connectivity index (χ0) is 14.9. The maximum Gasteiger partial charge on any atom is 0.320 e. The van der Waals surface area contributed by atoms with Crippen molar-refractivity contribution in [2.24, 2.45) is 0 Å². The molecule has 110 valence electrons. The van der Waals surface area contributed by atoms with Crippen molar-refractivity contribution in [1.82, 2.24) is 25.9 Å². The number of hydrogen-bond donors (Lipinski definition) is 3. The van der Waals surface area contributed by atoms with Crippen molar-refractivity contribution in [2.75, 3.05) is 5.32 Å². The van der Waals surface area contributed by atoms with E-state index < -0.39 is 5.54 Å². The molecule has 1 aromatic carbocycles. The van der Waals surface area contributed by atoms with Gasteiger partial charge in [-0.2, -0.15) is 5.21 Å². The molecule has 0 spiro atoms. The van der Waals surface area contributed by atoms with Gasteiger partial charge in [0.2, 0.25) is 0 Å². The smallest absolute Gasteiger partial charge is 0.320 e. The van der Waals surface area contributed by atoms with Gasteiger partial charge in [-0.25, -0.2) is 4.79 Å². The van der Waals surface area contributed by atoms with Gasteiger partial charge in [-0.1, -0.05) is 17.3 Å². The molecule has 7 nitrogen and oxygen atoms in total. The highest BCUT2D eigenvalue weighted by molar-refractivity contribution is 5.89. The first-order chi connectivity index (χ1) is 10.0. The summed E-state index contributed by atoms with van der Waals surface area (Å²) in [4.78, 5) is 12.0. The number of anilines is 1. The van der Waals surface area contributed by atoms with Gasteiger partial charge in [0.25, 0.3) is 0 Å². The van der Waals surface area contributed by atoms with Crippen LogP contribution in [0.2, 0.25) is 0 Å². The fourth-order valence-corrected chi connectivity index (χ4v) is 2.18. The van der Waals surface area contributed by atoms with E-state index in [4.69, 9.17) is 0 Å². The lowest BCUT2D eigenvalue weighted by Crippen LogP contribution is -2.44. The van der Waals surface area contributed by atoms with Crippen LogP contribution in [0.25, 0.3) is 0 Å². The second-order valence-electron chi connectivity index (χ2n) is 5.84. The second kappa shape index (κ2) is 5.16. The average Bonchev–Trinajstić information content (AvgIpc) is 3.12. The third-order valence-corrected chi connectivity index (χ3v) is 3.55. The number of nitrogens with one attached hydrogen (secondary N) is 3. The quantitative estimate of drug-likeness (QED) is 0.802. The molecule has 7 heteroatoms. The van der Waals surface area contributed by atoms with Gasteiger partial charge in [-0.15, -0.1) is 10.2 Å². The number of nitrogens with zero attached hydrogens (tertiary/aromatic N) is 3. The van der Waals surface area contributed by atoms with Crippen LogP contribution >= 0.6 is 0 Å². The largest absolute Gasteiger partial charge is 0.326 e. The van der Waals surface area contributed by atoms with Crippen molar-refractivity contribution in [3.05, 3.63) is 35.7 Å². The molecule has 1 saturated carbocycles. The van der Waals surface area contributed by atoms with Gasteiger partial charge < -0.3 is 10.6 Å². The van der Waals surface area contributed by atoms with Crippen LogP contribution in [-0.4, -0.2) is 26.7 Å². The Labute approximate surface area is 122 Å². The summed E-state index contributed by atoms with van der Waals surface area (Å²) >= 11 is 0. The number of aromatic amines is 1. The molecule has 1 aromatic heterocycles. The number of urea groups is 1. The Hall–Kier alpha value is -2.44.